The number of nitrogens with zero attached hydrogens (tertiary/aromatic N) is 2. The molecule has 3 rings (SSSR count). The smallest absolute Gasteiger partial charge is 0.160 e. The molecule has 0 spiro atoms. The number of amidine groups is 1. The van der Waals surface area contributed by atoms with Crippen LogP contribution in [0.2, 0.25) is 0 Å². The second-order valence-corrected chi connectivity index (χ2v) is 7.46. The van der Waals surface area contributed by atoms with Gasteiger partial charge < -0.3 is 4.90 Å². The third-order valence-corrected chi connectivity index (χ3v) is 5.39. The lowest BCUT2D eigenvalue weighted by Crippen LogP contribution is -2.28. The topological polar surface area (TPSA) is 15.6 Å². The Morgan fingerprint density at radius 3 is 1.68 bits per heavy atom. The molecular formula is C25H26N2S. The average Bonchev–Trinajstić information content (AvgIpc) is 2.76. The van der Waals surface area contributed by atoms with Crippen LogP contribution in [0.5, 0.6) is 0 Å². The van der Waals surface area contributed by atoms with E-state index in [4.69, 9.17) is 4.99 Å². The van der Waals surface area contributed by atoms with Crippen LogP contribution in [0.25, 0.3) is 0 Å². The van der Waals surface area contributed by atoms with Gasteiger partial charge in [-0.05, 0) is 16.7 Å². The molecular weight excluding hydrogens is 360 g/mol. The first-order chi connectivity index (χ1) is 13.8. The summed E-state index contributed by atoms with van der Waals surface area (Å²) in [4.78, 5) is 7.20. The summed E-state index contributed by atoms with van der Waals surface area (Å²) in [6.07, 6.45) is 1.85. The zero-order valence-electron chi connectivity index (χ0n) is 16.1. The summed E-state index contributed by atoms with van der Waals surface area (Å²) in [6.45, 7) is 6.12. The van der Waals surface area contributed by atoms with Gasteiger partial charge in [0.1, 0.15) is 0 Å². The molecule has 0 radical (unpaired) electrons. The van der Waals surface area contributed by atoms with Crippen LogP contribution in [0.15, 0.2) is 109 Å². The van der Waals surface area contributed by atoms with Gasteiger partial charge in [0, 0.05) is 18.8 Å². The van der Waals surface area contributed by atoms with E-state index in [1.54, 1.807) is 11.8 Å². The predicted molar refractivity (Wildman–Crippen MR) is 122 cm³/mol. The molecule has 0 saturated heterocycles. The summed E-state index contributed by atoms with van der Waals surface area (Å²) < 4.78 is 0. The van der Waals surface area contributed by atoms with Crippen molar-refractivity contribution in [2.24, 2.45) is 4.99 Å². The van der Waals surface area contributed by atoms with Crippen LogP contribution >= 0.6 is 11.8 Å². The number of thioether (sulfide) groups is 1. The highest BCUT2D eigenvalue weighted by Crippen LogP contribution is 2.21. The van der Waals surface area contributed by atoms with E-state index < -0.39 is 0 Å². The number of rotatable bonds is 8. The molecule has 0 amide bonds. The van der Waals surface area contributed by atoms with Gasteiger partial charge in [-0.25, -0.2) is 0 Å². The highest BCUT2D eigenvalue weighted by Gasteiger charge is 2.14. The number of aliphatic imine (C=N–C) groups is 1. The number of benzene rings is 3. The number of hydrogen-bond acceptors (Lipinski definition) is 2. The van der Waals surface area contributed by atoms with E-state index in [0.717, 1.165) is 24.0 Å². The second-order valence-electron chi connectivity index (χ2n) is 6.51. The van der Waals surface area contributed by atoms with Crippen LogP contribution in [-0.2, 0) is 18.8 Å². The van der Waals surface area contributed by atoms with Crippen molar-refractivity contribution in [2.75, 3.05) is 6.54 Å². The van der Waals surface area contributed by atoms with Crippen molar-refractivity contribution in [3.05, 3.63) is 120 Å². The normalized spacial score (nSPS) is 11.2. The Kier molecular flexibility index (Phi) is 7.95. The van der Waals surface area contributed by atoms with Crippen LogP contribution in [0, 0.1) is 0 Å². The molecule has 0 bridgehead atoms. The first-order valence-corrected chi connectivity index (χ1v) is 10.5. The van der Waals surface area contributed by atoms with Crippen molar-refractivity contribution >= 4 is 16.9 Å². The lowest BCUT2D eigenvalue weighted by atomic mass is 10.2. The highest BCUT2D eigenvalue weighted by molar-refractivity contribution is 8.13. The Hall–Kier alpha value is -2.78. The fraction of sp³-hybridized carbons (Fsp3) is 0.160. The van der Waals surface area contributed by atoms with E-state index in [9.17, 15) is 0 Å². The molecule has 28 heavy (non-hydrogen) atoms. The van der Waals surface area contributed by atoms with Gasteiger partial charge in [-0.15, -0.1) is 6.58 Å². The molecule has 0 aliphatic rings. The minimum Gasteiger partial charge on any atom is -0.343 e. The van der Waals surface area contributed by atoms with Crippen LogP contribution in [-0.4, -0.2) is 16.6 Å². The minimum atomic E-state index is 0.622. The summed E-state index contributed by atoms with van der Waals surface area (Å²) in [7, 11) is 0. The molecule has 0 aromatic heterocycles. The Morgan fingerprint density at radius 2 is 1.21 bits per heavy atom. The maximum Gasteiger partial charge on any atom is 0.160 e. The molecule has 0 atom stereocenters. The standard InChI is InChI=1S/C25H26N2S/c1-2-18-26-25(28-21-24-16-10-5-11-17-24)27(19-22-12-6-3-7-13-22)20-23-14-8-4-9-15-23/h2-17H,1,18-21H2. The van der Waals surface area contributed by atoms with Crippen LogP contribution < -0.4 is 0 Å². The lowest BCUT2D eigenvalue weighted by Gasteiger charge is -2.26. The molecule has 3 heteroatoms. The van der Waals surface area contributed by atoms with Crippen LogP contribution in [0.1, 0.15) is 16.7 Å². The molecule has 0 saturated carbocycles. The predicted octanol–water partition coefficient (Wildman–Crippen LogP) is 6.16. The largest absolute Gasteiger partial charge is 0.343 e. The molecule has 3 aromatic rings. The van der Waals surface area contributed by atoms with E-state index in [-0.39, 0.29) is 0 Å². The Balaban J connectivity index is 1.82. The Morgan fingerprint density at radius 1 is 0.750 bits per heavy atom. The van der Waals surface area contributed by atoms with E-state index in [2.05, 4.69) is 102 Å². The molecule has 3 aromatic carbocycles. The van der Waals surface area contributed by atoms with Gasteiger partial charge in [-0.2, -0.15) is 0 Å². The maximum absolute atomic E-state index is 4.84. The first kappa shape index (κ1) is 20.0. The van der Waals surface area contributed by atoms with Gasteiger partial charge in [0.15, 0.2) is 5.17 Å². The Bertz CT molecular complexity index is 819. The molecule has 142 valence electrons. The lowest BCUT2D eigenvalue weighted by molar-refractivity contribution is 0.414. The zero-order chi connectivity index (χ0) is 19.4. The number of hydrogen-bond donors (Lipinski definition) is 0. The highest BCUT2D eigenvalue weighted by atomic mass is 32.2. The van der Waals surface area contributed by atoms with Gasteiger partial charge >= 0.3 is 0 Å². The average molecular weight is 387 g/mol. The fourth-order valence-electron chi connectivity index (χ4n) is 2.90. The summed E-state index contributed by atoms with van der Waals surface area (Å²) in [6, 6.07) is 31.7. The molecule has 0 aliphatic heterocycles. The first-order valence-electron chi connectivity index (χ1n) is 9.50. The van der Waals surface area contributed by atoms with Crippen molar-refractivity contribution in [2.45, 2.75) is 18.8 Å². The van der Waals surface area contributed by atoms with Gasteiger partial charge in [0.25, 0.3) is 0 Å². The molecule has 0 fully saturated rings. The molecule has 0 aliphatic carbocycles. The van der Waals surface area contributed by atoms with E-state index in [1.807, 2.05) is 6.08 Å². The second kappa shape index (κ2) is 11.2. The third-order valence-electron chi connectivity index (χ3n) is 4.27. The van der Waals surface area contributed by atoms with Crippen molar-refractivity contribution in [1.82, 2.24) is 4.90 Å². The van der Waals surface area contributed by atoms with Crippen molar-refractivity contribution in [3.8, 4) is 0 Å². The van der Waals surface area contributed by atoms with Crippen LogP contribution in [0.3, 0.4) is 0 Å². The van der Waals surface area contributed by atoms with Gasteiger partial charge in [-0.1, -0.05) is 109 Å². The van der Waals surface area contributed by atoms with E-state index >= 15 is 0 Å². The molecule has 0 unspecified atom stereocenters. The zero-order valence-corrected chi connectivity index (χ0v) is 16.9. The quantitative estimate of drug-likeness (QED) is 0.261. The van der Waals surface area contributed by atoms with Gasteiger partial charge in [0.2, 0.25) is 0 Å². The van der Waals surface area contributed by atoms with Crippen LogP contribution in [0.4, 0.5) is 0 Å². The van der Waals surface area contributed by atoms with Crippen molar-refractivity contribution in [3.63, 3.8) is 0 Å². The summed E-state index contributed by atoms with van der Waals surface area (Å²) in [5.74, 6) is 0.900. The maximum atomic E-state index is 4.84. The fourth-order valence-corrected chi connectivity index (χ4v) is 3.87. The molecule has 0 N–H and O–H groups in total. The summed E-state index contributed by atoms with van der Waals surface area (Å²) in [5, 5.41) is 1.05. The molecule has 0 heterocycles. The van der Waals surface area contributed by atoms with E-state index in [1.165, 1.54) is 16.7 Å². The van der Waals surface area contributed by atoms with Crippen molar-refractivity contribution in [1.29, 1.82) is 0 Å². The Labute approximate surface area is 172 Å². The molecule has 2 nitrogen and oxygen atoms in total. The van der Waals surface area contributed by atoms with Gasteiger partial charge in [0.05, 0.1) is 6.54 Å². The summed E-state index contributed by atoms with van der Waals surface area (Å²) in [5.41, 5.74) is 3.87. The van der Waals surface area contributed by atoms with E-state index in [0.29, 0.717) is 6.54 Å². The monoisotopic (exact) mass is 386 g/mol. The third kappa shape index (κ3) is 6.43. The van der Waals surface area contributed by atoms with Crippen molar-refractivity contribution < 1.29 is 0 Å². The minimum absolute atomic E-state index is 0.622. The van der Waals surface area contributed by atoms with Gasteiger partial charge in [-0.3, -0.25) is 4.99 Å². The SMILES string of the molecule is C=CCN=C(SCc1ccccc1)N(Cc1ccccc1)Cc1ccccc1. The summed E-state index contributed by atoms with van der Waals surface area (Å²) >= 11 is 1.79.